The molecule has 1 atom stereocenters. The van der Waals surface area contributed by atoms with Crippen molar-refractivity contribution in [3.63, 3.8) is 0 Å². The molecule has 0 unspecified atom stereocenters. The Hall–Kier alpha value is -3.03. The lowest BCUT2D eigenvalue weighted by Crippen LogP contribution is -2.42. The second-order valence-electron chi connectivity index (χ2n) is 8.39. The largest absolute Gasteiger partial charge is 0.348 e. The van der Waals surface area contributed by atoms with Crippen LogP contribution in [0.2, 0.25) is 0 Å². The summed E-state index contributed by atoms with van der Waals surface area (Å²) in [5.41, 5.74) is 3.40. The third-order valence-electron chi connectivity index (χ3n) is 5.99. The molecule has 7 heteroatoms. The first-order valence-electron chi connectivity index (χ1n) is 11.0. The maximum atomic E-state index is 14.3. The molecule has 3 aromatic rings. The van der Waals surface area contributed by atoms with E-state index in [1.807, 2.05) is 25.1 Å². The molecule has 0 fully saturated rings. The number of benzene rings is 3. The monoisotopic (exact) mass is 466 g/mol. The first-order chi connectivity index (χ1) is 15.8. The molecule has 1 aliphatic rings. The van der Waals surface area contributed by atoms with E-state index in [0.29, 0.717) is 0 Å². The van der Waals surface area contributed by atoms with Gasteiger partial charge in [0, 0.05) is 12.1 Å². The van der Waals surface area contributed by atoms with E-state index >= 15 is 0 Å². The van der Waals surface area contributed by atoms with Crippen LogP contribution in [0, 0.1) is 12.7 Å². The Kier molecular flexibility index (Phi) is 6.91. The minimum absolute atomic E-state index is 0.0697. The maximum absolute atomic E-state index is 14.3. The normalized spacial score (nSPS) is 15.8. The summed E-state index contributed by atoms with van der Waals surface area (Å²) < 4.78 is 42.2. The van der Waals surface area contributed by atoms with Gasteiger partial charge in [0.05, 0.1) is 17.5 Å². The number of amides is 1. The van der Waals surface area contributed by atoms with E-state index in [1.54, 1.807) is 24.3 Å². The van der Waals surface area contributed by atoms with Crippen molar-refractivity contribution in [2.45, 2.75) is 43.7 Å². The van der Waals surface area contributed by atoms with Crippen LogP contribution >= 0.6 is 0 Å². The van der Waals surface area contributed by atoms with Gasteiger partial charge in [-0.1, -0.05) is 60.2 Å². The third-order valence-corrected chi connectivity index (χ3v) is 7.79. The summed E-state index contributed by atoms with van der Waals surface area (Å²) >= 11 is 0. The topological polar surface area (TPSA) is 66.5 Å². The first-order valence-corrected chi connectivity index (χ1v) is 12.5. The second kappa shape index (κ2) is 9.85. The van der Waals surface area contributed by atoms with Gasteiger partial charge in [-0.25, -0.2) is 12.8 Å². The van der Waals surface area contributed by atoms with Gasteiger partial charge in [0.25, 0.3) is 0 Å². The average molecular weight is 467 g/mol. The van der Waals surface area contributed by atoms with Crippen LogP contribution < -0.4 is 5.32 Å². The fourth-order valence-corrected chi connectivity index (χ4v) is 5.58. The molecule has 0 radical (unpaired) electrons. The number of halogens is 1. The van der Waals surface area contributed by atoms with Gasteiger partial charge >= 0.3 is 0 Å². The summed E-state index contributed by atoms with van der Waals surface area (Å²) in [7, 11) is -4.02. The van der Waals surface area contributed by atoms with Crippen molar-refractivity contribution in [2.24, 2.45) is 0 Å². The zero-order valence-electron chi connectivity index (χ0n) is 18.5. The molecule has 0 spiro atoms. The molecule has 1 N–H and O–H groups in total. The summed E-state index contributed by atoms with van der Waals surface area (Å²) in [6.07, 6.45) is 2.70. The summed E-state index contributed by atoms with van der Waals surface area (Å²) in [5.74, 6) is -0.924. The number of aryl methyl sites for hydroxylation is 2. The lowest BCUT2D eigenvalue weighted by atomic mass is 9.88. The first kappa shape index (κ1) is 23.1. The number of rotatable bonds is 7. The van der Waals surface area contributed by atoms with Crippen molar-refractivity contribution in [1.29, 1.82) is 0 Å². The van der Waals surface area contributed by atoms with E-state index in [9.17, 15) is 17.6 Å². The van der Waals surface area contributed by atoms with Gasteiger partial charge in [-0.05, 0) is 55.5 Å². The van der Waals surface area contributed by atoms with Crippen LogP contribution in [0.15, 0.2) is 77.7 Å². The van der Waals surface area contributed by atoms with Gasteiger partial charge in [0.1, 0.15) is 5.82 Å². The van der Waals surface area contributed by atoms with Crippen LogP contribution in [0.1, 0.15) is 41.1 Å². The van der Waals surface area contributed by atoms with Crippen molar-refractivity contribution in [1.82, 2.24) is 9.62 Å². The highest BCUT2D eigenvalue weighted by Crippen LogP contribution is 2.29. The Morgan fingerprint density at radius 2 is 1.73 bits per heavy atom. The van der Waals surface area contributed by atoms with E-state index in [4.69, 9.17) is 0 Å². The lowest BCUT2D eigenvalue weighted by Gasteiger charge is -2.28. The molecule has 0 saturated heterocycles. The van der Waals surface area contributed by atoms with Crippen LogP contribution in [0.3, 0.4) is 0 Å². The standard InChI is InChI=1S/C26H27FN2O3S/c1-19-13-15-22(16-14-19)33(31,32)29(17-21-8-3-5-11-24(21)27)18-26(30)28-25-12-6-9-20-7-2-4-10-23(20)25/h2-5,7-8,10-11,13-16,25H,6,9,12,17-18H2,1H3,(H,28,30)/t25-/m1/s1. The molecular weight excluding hydrogens is 439 g/mol. The quantitative estimate of drug-likeness (QED) is 0.557. The van der Waals surface area contributed by atoms with E-state index in [0.717, 1.165) is 34.7 Å². The van der Waals surface area contributed by atoms with Gasteiger partial charge < -0.3 is 5.32 Å². The number of hydrogen-bond acceptors (Lipinski definition) is 3. The van der Waals surface area contributed by atoms with Gasteiger partial charge in [0.2, 0.25) is 15.9 Å². The van der Waals surface area contributed by atoms with Gasteiger partial charge in [0.15, 0.2) is 0 Å². The van der Waals surface area contributed by atoms with Crippen LogP contribution in [-0.2, 0) is 27.8 Å². The van der Waals surface area contributed by atoms with Gasteiger partial charge in [-0.3, -0.25) is 4.79 Å². The van der Waals surface area contributed by atoms with E-state index in [1.165, 1.54) is 29.8 Å². The minimum Gasteiger partial charge on any atom is -0.348 e. The summed E-state index contributed by atoms with van der Waals surface area (Å²) in [4.78, 5) is 13.1. The van der Waals surface area contributed by atoms with E-state index in [-0.39, 0.29) is 23.0 Å². The molecule has 4 rings (SSSR count). The Morgan fingerprint density at radius 3 is 2.48 bits per heavy atom. The molecule has 0 bridgehead atoms. The molecule has 0 saturated carbocycles. The molecule has 3 aromatic carbocycles. The zero-order valence-corrected chi connectivity index (χ0v) is 19.3. The molecule has 0 aromatic heterocycles. The fraction of sp³-hybridized carbons (Fsp3) is 0.269. The zero-order chi connectivity index (χ0) is 23.4. The van der Waals surface area contributed by atoms with Crippen LogP contribution in [-0.4, -0.2) is 25.2 Å². The van der Waals surface area contributed by atoms with Crippen LogP contribution in [0.4, 0.5) is 4.39 Å². The van der Waals surface area contributed by atoms with Gasteiger partial charge in [-0.15, -0.1) is 0 Å². The van der Waals surface area contributed by atoms with Crippen molar-refractivity contribution in [3.05, 3.63) is 101 Å². The van der Waals surface area contributed by atoms with E-state index in [2.05, 4.69) is 11.4 Å². The van der Waals surface area contributed by atoms with Crippen molar-refractivity contribution >= 4 is 15.9 Å². The highest BCUT2D eigenvalue weighted by atomic mass is 32.2. The lowest BCUT2D eigenvalue weighted by molar-refractivity contribution is -0.122. The minimum atomic E-state index is -4.02. The SMILES string of the molecule is Cc1ccc(S(=O)(=O)N(CC(=O)N[C@@H]2CCCc3ccccc32)Cc2ccccc2F)cc1. The number of nitrogens with one attached hydrogen (secondary N) is 1. The summed E-state index contributed by atoms with van der Waals surface area (Å²) in [6, 6.07) is 20.2. The van der Waals surface area contributed by atoms with Crippen molar-refractivity contribution < 1.29 is 17.6 Å². The number of sulfonamides is 1. The van der Waals surface area contributed by atoms with E-state index < -0.39 is 28.3 Å². The molecule has 33 heavy (non-hydrogen) atoms. The maximum Gasteiger partial charge on any atom is 0.243 e. The number of carbonyl (C=O) groups excluding carboxylic acids is 1. The molecule has 0 aliphatic heterocycles. The number of hydrogen-bond donors (Lipinski definition) is 1. The summed E-state index contributed by atoms with van der Waals surface area (Å²) in [5, 5.41) is 3.00. The summed E-state index contributed by atoms with van der Waals surface area (Å²) in [6.45, 7) is 1.23. The molecule has 0 heterocycles. The molecule has 1 aliphatic carbocycles. The number of fused-ring (bicyclic) bond motifs is 1. The highest BCUT2D eigenvalue weighted by molar-refractivity contribution is 7.89. The molecular formula is C26H27FN2O3S. The van der Waals surface area contributed by atoms with Crippen molar-refractivity contribution in [3.8, 4) is 0 Å². The Labute approximate surface area is 194 Å². The fourth-order valence-electron chi connectivity index (χ4n) is 4.21. The number of carbonyl (C=O) groups is 1. The Balaban J connectivity index is 1.59. The average Bonchev–Trinajstić information content (AvgIpc) is 2.80. The van der Waals surface area contributed by atoms with Crippen LogP contribution in [0.25, 0.3) is 0 Å². The van der Waals surface area contributed by atoms with Crippen LogP contribution in [0.5, 0.6) is 0 Å². The highest BCUT2D eigenvalue weighted by Gasteiger charge is 2.29. The van der Waals surface area contributed by atoms with Crippen molar-refractivity contribution in [2.75, 3.05) is 6.54 Å². The predicted molar refractivity (Wildman–Crippen MR) is 125 cm³/mol. The van der Waals surface area contributed by atoms with Gasteiger partial charge in [-0.2, -0.15) is 4.31 Å². The molecule has 1 amide bonds. The molecule has 172 valence electrons. The molecule has 5 nitrogen and oxygen atoms in total. The smallest absolute Gasteiger partial charge is 0.243 e. The number of nitrogens with zero attached hydrogens (tertiary/aromatic N) is 1. The second-order valence-corrected chi connectivity index (χ2v) is 10.3. The predicted octanol–water partition coefficient (Wildman–Crippen LogP) is 4.52. The Bertz CT molecular complexity index is 1240. The Morgan fingerprint density at radius 1 is 1.03 bits per heavy atom. The third kappa shape index (κ3) is 5.31.